The van der Waals surface area contributed by atoms with Crippen LogP contribution in [-0.4, -0.2) is 35.1 Å². The molecule has 2 heterocycles. The van der Waals surface area contributed by atoms with E-state index in [1.807, 2.05) is 0 Å². The molecule has 0 aliphatic carbocycles. The number of aromatic nitrogens is 1. The summed E-state index contributed by atoms with van der Waals surface area (Å²) in [6, 6.07) is 2.98. The van der Waals surface area contributed by atoms with Gasteiger partial charge in [-0.25, -0.2) is 9.78 Å². The maximum Gasteiger partial charge on any atom is 0.337 e. The van der Waals surface area contributed by atoms with Crippen LogP contribution >= 0.6 is 0 Å². The molecule has 1 aliphatic rings. The summed E-state index contributed by atoms with van der Waals surface area (Å²) in [7, 11) is 0. The predicted octanol–water partition coefficient (Wildman–Crippen LogP) is 0.0914. The number of rotatable bonds is 3. The largest absolute Gasteiger partial charge is 0.478 e. The van der Waals surface area contributed by atoms with Gasteiger partial charge in [-0.2, -0.15) is 0 Å². The second-order valence-corrected chi connectivity index (χ2v) is 4.02. The average Bonchev–Trinajstić information content (AvgIpc) is 2.71. The molecule has 6 nitrogen and oxygen atoms in total. The van der Waals surface area contributed by atoms with Gasteiger partial charge in [-0.3, -0.25) is 9.69 Å². The van der Waals surface area contributed by atoms with Crippen molar-refractivity contribution in [3.05, 3.63) is 23.9 Å². The Balaban J connectivity index is 2.18. The van der Waals surface area contributed by atoms with Crippen LogP contribution in [0.2, 0.25) is 0 Å². The summed E-state index contributed by atoms with van der Waals surface area (Å²) >= 11 is 0. The molecule has 1 aromatic rings. The quantitative estimate of drug-likeness (QED) is 0.774. The van der Waals surface area contributed by atoms with Gasteiger partial charge in [0.05, 0.1) is 5.56 Å². The Morgan fingerprint density at radius 3 is 2.82 bits per heavy atom. The second kappa shape index (κ2) is 4.50. The van der Waals surface area contributed by atoms with Crippen molar-refractivity contribution in [3.8, 4) is 0 Å². The van der Waals surface area contributed by atoms with Crippen LogP contribution in [0.4, 0.5) is 5.82 Å². The molecule has 90 valence electrons. The van der Waals surface area contributed by atoms with E-state index >= 15 is 0 Å². The molecule has 1 aromatic heterocycles. The Hall–Kier alpha value is -1.95. The number of carbonyl (C=O) groups excluding carboxylic acids is 1. The number of nitrogens with two attached hydrogens (primary N) is 1. The number of carbonyl (C=O) groups is 2. The lowest BCUT2D eigenvalue weighted by Gasteiger charge is -2.15. The highest BCUT2D eigenvalue weighted by Gasteiger charge is 2.30. The van der Waals surface area contributed by atoms with Crippen LogP contribution in [0.5, 0.6) is 0 Å². The summed E-state index contributed by atoms with van der Waals surface area (Å²) in [6.07, 6.45) is 1.68. The van der Waals surface area contributed by atoms with Gasteiger partial charge in [0.25, 0.3) is 0 Å². The second-order valence-electron chi connectivity index (χ2n) is 4.02. The highest BCUT2D eigenvalue weighted by atomic mass is 16.4. The molecule has 1 amide bonds. The normalized spacial score (nSPS) is 19.7. The maximum absolute atomic E-state index is 11.7. The first kappa shape index (κ1) is 11.5. The number of carboxylic acid groups (broad SMARTS) is 1. The van der Waals surface area contributed by atoms with Gasteiger partial charge in [-0.1, -0.05) is 0 Å². The van der Waals surface area contributed by atoms with Crippen LogP contribution in [-0.2, 0) is 4.79 Å². The van der Waals surface area contributed by atoms with Crippen LogP contribution in [0, 0.1) is 5.92 Å². The van der Waals surface area contributed by atoms with E-state index in [-0.39, 0.29) is 17.4 Å². The maximum atomic E-state index is 11.7. The molecule has 1 fully saturated rings. The van der Waals surface area contributed by atoms with E-state index in [1.165, 1.54) is 12.3 Å². The zero-order valence-electron chi connectivity index (χ0n) is 9.17. The van der Waals surface area contributed by atoms with Crippen LogP contribution in [0.1, 0.15) is 16.8 Å². The van der Waals surface area contributed by atoms with Gasteiger partial charge in [0.2, 0.25) is 5.91 Å². The summed E-state index contributed by atoms with van der Waals surface area (Å²) in [5.41, 5.74) is 5.63. The number of pyridine rings is 1. The number of carboxylic acids is 1. The fraction of sp³-hybridized carbons (Fsp3) is 0.364. The third-order valence-electron chi connectivity index (χ3n) is 2.81. The molecule has 0 bridgehead atoms. The standard InChI is InChI=1S/C11H13N3O3/c12-4-7-3-10(15)14(6-7)9-2-1-8(5-13-9)11(16)17/h1-2,5,7H,3-4,6,12H2,(H,16,17). The minimum atomic E-state index is -1.03. The molecule has 1 unspecified atom stereocenters. The Morgan fingerprint density at radius 2 is 2.35 bits per heavy atom. The SMILES string of the molecule is NCC1CC(=O)N(c2ccc(C(=O)O)cn2)C1. The highest BCUT2D eigenvalue weighted by Crippen LogP contribution is 2.22. The fourth-order valence-electron chi connectivity index (χ4n) is 1.83. The molecule has 17 heavy (non-hydrogen) atoms. The third-order valence-corrected chi connectivity index (χ3v) is 2.81. The smallest absolute Gasteiger partial charge is 0.337 e. The Morgan fingerprint density at radius 1 is 1.59 bits per heavy atom. The zero-order valence-corrected chi connectivity index (χ0v) is 9.17. The topological polar surface area (TPSA) is 96.5 Å². The van der Waals surface area contributed by atoms with Crippen molar-refractivity contribution in [3.63, 3.8) is 0 Å². The molecule has 0 aromatic carbocycles. The number of anilines is 1. The van der Waals surface area contributed by atoms with E-state index < -0.39 is 5.97 Å². The summed E-state index contributed by atoms with van der Waals surface area (Å²) in [4.78, 5) is 27.9. The van der Waals surface area contributed by atoms with Crippen LogP contribution < -0.4 is 10.6 Å². The van der Waals surface area contributed by atoms with Gasteiger partial charge in [0.1, 0.15) is 5.82 Å². The summed E-state index contributed by atoms with van der Waals surface area (Å²) in [5, 5.41) is 8.74. The number of hydrogen-bond donors (Lipinski definition) is 2. The van der Waals surface area contributed by atoms with E-state index in [1.54, 1.807) is 11.0 Å². The van der Waals surface area contributed by atoms with Crippen molar-refractivity contribution in [1.29, 1.82) is 0 Å². The predicted molar refractivity (Wildman–Crippen MR) is 60.7 cm³/mol. The zero-order chi connectivity index (χ0) is 12.4. The molecule has 2 rings (SSSR count). The lowest BCUT2D eigenvalue weighted by molar-refractivity contribution is -0.117. The summed E-state index contributed by atoms with van der Waals surface area (Å²) < 4.78 is 0. The molecule has 6 heteroatoms. The van der Waals surface area contributed by atoms with E-state index in [9.17, 15) is 9.59 Å². The lowest BCUT2D eigenvalue weighted by Crippen LogP contribution is -2.26. The van der Waals surface area contributed by atoms with Crippen molar-refractivity contribution in [2.75, 3.05) is 18.0 Å². The van der Waals surface area contributed by atoms with E-state index in [0.717, 1.165) is 0 Å². The molecule has 0 radical (unpaired) electrons. The van der Waals surface area contributed by atoms with Crippen molar-refractivity contribution >= 4 is 17.7 Å². The molecule has 0 spiro atoms. The first-order valence-electron chi connectivity index (χ1n) is 5.31. The Labute approximate surface area is 98.1 Å². The van der Waals surface area contributed by atoms with Crippen LogP contribution in [0.15, 0.2) is 18.3 Å². The van der Waals surface area contributed by atoms with Crippen LogP contribution in [0.3, 0.4) is 0 Å². The minimum Gasteiger partial charge on any atom is -0.478 e. The van der Waals surface area contributed by atoms with Gasteiger partial charge >= 0.3 is 5.97 Å². The van der Waals surface area contributed by atoms with E-state index in [2.05, 4.69) is 4.98 Å². The molecule has 3 N–H and O–H groups in total. The van der Waals surface area contributed by atoms with Gasteiger partial charge < -0.3 is 10.8 Å². The average molecular weight is 235 g/mol. The lowest BCUT2D eigenvalue weighted by atomic mass is 10.1. The van der Waals surface area contributed by atoms with Crippen molar-refractivity contribution < 1.29 is 14.7 Å². The third kappa shape index (κ3) is 2.26. The molecule has 0 saturated carbocycles. The number of hydrogen-bond acceptors (Lipinski definition) is 4. The minimum absolute atomic E-state index is 0.0176. The highest BCUT2D eigenvalue weighted by molar-refractivity contribution is 5.95. The van der Waals surface area contributed by atoms with Gasteiger partial charge in [0, 0.05) is 19.2 Å². The number of amides is 1. The monoisotopic (exact) mass is 235 g/mol. The van der Waals surface area contributed by atoms with Crippen LogP contribution in [0.25, 0.3) is 0 Å². The van der Waals surface area contributed by atoms with E-state index in [4.69, 9.17) is 10.8 Å². The molecular weight excluding hydrogens is 222 g/mol. The van der Waals surface area contributed by atoms with Crippen molar-refractivity contribution in [1.82, 2.24) is 4.98 Å². The Kier molecular flexibility index (Phi) is 3.06. The van der Waals surface area contributed by atoms with Gasteiger partial charge in [0.15, 0.2) is 0 Å². The first-order chi connectivity index (χ1) is 8.11. The van der Waals surface area contributed by atoms with Gasteiger partial charge in [-0.05, 0) is 24.6 Å². The summed E-state index contributed by atoms with van der Waals surface area (Å²) in [6.45, 7) is 1.02. The molecular formula is C11H13N3O3. The fourth-order valence-corrected chi connectivity index (χ4v) is 1.83. The summed E-state index contributed by atoms with van der Waals surface area (Å²) in [5.74, 6) is -0.410. The molecule has 1 saturated heterocycles. The van der Waals surface area contributed by atoms with Crippen molar-refractivity contribution in [2.24, 2.45) is 11.7 Å². The molecule has 1 aliphatic heterocycles. The van der Waals surface area contributed by atoms with E-state index in [0.29, 0.717) is 25.3 Å². The van der Waals surface area contributed by atoms with Gasteiger partial charge in [-0.15, -0.1) is 0 Å². The number of nitrogens with zero attached hydrogens (tertiary/aromatic N) is 2. The molecule has 1 atom stereocenters. The van der Waals surface area contributed by atoms with Crippen molar-refractivity contribution in [2.45, 2.75) is 6.42 Å². The first-order valence-corrected chi connectivity index (χ1v) is 5.31. The Bertz CT molecular complexity index is 444. The number of aromatic carboxylic acids is 1.